The predicted octanol–water partition coefficient (Wildman–Crippen LogP) is 3.61. The first-order valence-electron chi connectivity index (χ1n) is 7.66. The van der Waals surface area contributed by atoms with Crippen LogP contribution in [0.4, 0.5) is 5.69 Å². The molecule has 2 heterocycles. The normalized spacial score (nSPS) is 11.7. The number of hydrogen-bond donors (Lipinski definition) is 1. The monoisotopic (exact) mass is 341 g/mol. The number of carbonyl (C=O) groups excluding carboxylic acids is 1. The Morgan fingerprint density at radius 2 is 1.88 bits per heavy atom. The maximum absolute atomic E-state index is 12.5. The summed E-state index contributed by atoms with van der Waals surface area (Å²) in [6.07, 6.45) is 1.66. The summed E-state index contributed by atoms with van der Waals surface area (Å²) in [7, 11) is 0. The van der Waals surface area contributed by atoms with E-state index in [-0.39, 0.29) is 22.6 Å². The molecule has 0 saturated carbocycles. The summed E-state index contributed by atoms with van der Waals surface area (Å²) in [5, 5.41) is 4.50. The number of hydrogen-bond acceptors (Lipinski definition) is 4. The fraction of sp³-hybridized carbons (Fsp3) is 0.278. The average molecular weight is 341 g/mol. The van der Waals surface area contributed by atoms with Crippen molar-refractivity contribution in [2.24, 2.45) is 0 Å². The van der Waals surface area contributed by atoms with Crippen molar-refractivity contribution in [3.8, 4) is 0 Å². The number of aromatic nitrogens is 2. The van der Waals surface area contributed by atoms with E-state index in [4.69, 9.17) is 0 Å². The molecule has 0 aliphatic heterocycles. The number of benzene rings is 1. The Kier molecular flexibility index (Phi) is 4.01. The summed E-state index contributed by atoms with van der Waals surface area (Å²) < 4.78 is 1.44. The van der Waals surface area contributed by atoms with Crippen molar-refractivity contribution in [3.05, 3.63) is 63.0 Å². The van der Waals surface area contributed by atoms with Crippen LogP contribution in [0.2, 0.25) is 0 Å². The van der Waals surface area contributed by atoms with Gasteiger partial charge in [0.05, 0.1) is 5.69 Å². The second kappa shape index (κ2) is 5.87. The maximum atomic E-state index is 12.5. The number of amides is 1. The van der Waals surface area contributed by atoms with Gasteiger partial charge in [0, 0.05) is 17.1 Å². The molecule has 5 nitrogen and oxygen atoms in total. The molecule has 0 saturated heterocycles. The molecule has 24 heavy (non-hydrogen) atoms. The largest absolute Gasteiger partial charge is 0.316 e. The van der Waals surface area contributed by atoms with Gasteiger partial charge in [0.1, 0.15) is 5.69 Å². The number of nitrogens with zero attached hydrogens (tertiary/aromatic N) is 2. The highest BCUT2D eigenvalue weighted by molar-refractivity contribution is 7.15. The van der Waals surface area contributed by atoms with Crippen molar-refractivity contribution in [1.29, 1.82) is 0 Å². The van der Waals surface area contributed by atoms with Crippen LogP contribution in [-0.2, 0) is 5.41 Å². The van der Waals surface area contributed by atoms with E-state index in [0.29, 0.717) is 16.2 Å². The highest BCUT2D eigenvalue weighted by Gasteiger charge is 2.16. The smallest absolute Gasteiger partial charge is 0.282 e. The van der Waals surface area contributed by atoms with Gasteiger partial charge in [0.2, 0.25) is 0 Å². The van der Waals surface area contributed by atoms with Gasteiger partial charge in [0.15, 0.2) is 4.96 Å². The number of anilines is 1. The van der Waals surface area contributed by atoms with Crippen molar-refractivity contribution in [3.63, 3.8) is 0 Å². The van der Waals surface area contributed by atoms with Gasteiger partial charge in [-0.25, -0.2) is 4.98 Å². The zero-order chi connectivity index (χ0) is 17.5. The van der Waals surface area contributed by atoms with E-state index in [2.05, 4.69) is 31.1 Å². The third kappa shape index (κ3) is 2.97. The van der Waals surface area contributed by atoms with Gasteiger partial charge < -0.3 is 5.32 Å². The van der Waals surface area contributed by atoms with Gasteiger partial charge in [-0.05, 0) is 30.0 Å². The maximum Gasteiger partial charge on any atom is 0.282 e. The molecule has 1 aromatic carbocycles. The van der Waals surface area contributed by atoms with Gasteiger partial charge in [-0.15, -0.1) is 11.3 Å². The number of rotatable bonds is 2. The minimum Gasteiger partial charge on any atom is -0.316 e. The van der Waals surface area contributed by atoms with Crippen molar-refractivity contribution in [1.82, 2.24) is 9.38 Å². The van der Waals surface area contributed by atoms with Crippen LogP contribution in [0.15, 0.2) is 40.6 Å². The molecule has 0 aliphatic rings. The minimum absolute atomic E-state index is 0.0261. The molecule has 6 heteroatoms. The third-order valence-electron chi connectivity index (χ3n) is 3.90. The van der Waals surface area contributed by atoms with Gasteiger partial charge in [-0.2, -0.15) is 0 Å². The quantitative estimate of drug-likeness (QED) is 0.774. The number of aryl methyl sites for hydroxylation is 1. The highest BCUT2D eigenvalue weighted by atomic mass is 32.1. The molecule has 0 unspecified atom stereocenters. The molecule has 1 amide bonds. The van der Waals surface area contributed by atoms with Crippen LogP contribution in [0, 0.1) is 6.92 Å². The van der Waals surface area contributed by atoms with Crippen molar-refractivity contribution in [2.75, 3.05) is 5.32 Å². The van der Waals surface area contributed by atoms with E-state index in [1.165, 1.54) is 15.7 Å². The number of thiazole rings is 1. The first kappa shape index (κ1) is 16.4. The summed E-state index contributed by atoms with van der Waals surface area (Å²) in [6.45, 7) is 8.08. The molecule has 0 bridgehead atoms. The summed E-state index contributed by atoms with van der Waals surface area (Å²) >= 11 is 1.38. The topological polar surface area (TPSA) is 63.5 Å². The number of fused-ring (bicyclic) bond motifs is 1. The Labute approximate surface area is 144 Å². The second-order valence-corrected chi connectivity index (χ2v) is 7.59. The molecule has 0 aliphatic carbocycles. The van der Waals surface area contributed by atoms with E-state index in [0.717, 1.165) is 5.56 Å². The van der Waals surface area contributed by atoms with Crippen molar-refractivity contribution in [2.45, 2.75) is 33.1 Å². The Bertz CT molecular complexity index is 963. The fourth-order valence-electron chi connectivity index (χ4n) is 2.43. The molecule has 124 valence electrons. The molecule has 0 atom stereocenters. The molecule has 0 fully saturated rings. The van der Waals surface area contributed by atoms with Gasteiger partial charge in [0.25, 0.3) is 11.5 Å². The third-order valence-corrected chi connectivity index (χ3v) is 4.66. The molecular weight excluding hydrogens is 322 g/mol. The number of carbonyl (C=O) groups is 1. The molecular formula is C18H19N3O2S. The molecule has 0 radical (unpaired) electrons. The fourth-order valence-corrected chi connectivity index (χ4v) is 3.18. The SMILES string of the molecule is Cc1nc2sccn2c(=O)c1NC(=O)c1ccc(C(C)(C)C)cc1. The lowest BCUT2D eigenvalue weighted by Gasteiger charge is -2.19. The summed E-state index contributed by atoms with van der Waals surface area (Å²) in [4.78, 5) is 29.9. The summed E-state index contributed by atoms with van der Waals surface area (Å²) in [5.74, 6) is -0.312. The minimum atomic E-state index is -0.312. The van der Waals surface area contributed by atoms with E-state index < -0.39 is 0 Å². The van der Waals surface area contributed by atoms with Crippen LogP contribution in [0.25, 0.3) is 4.96 Å². The van der Waals surface area contributed by atoms with E-state index >= 15 is 0 Å². The molecule has 3 rings (SSSR count). The van der Waals surface area contributed by atoms with Crippen molar-refractivity contribution >= 4 is 27.9 Å². The molecule has 1 N–H and O–H groups in total. The first-order chi connectivity index (χ1) is 11.3. The van der Waals surface area contributed by atoms with Crippen LogP contribution in [-0.4, -0.2) is 15.3 Å². The summed E-state index contributed by atoms with van der Waals surface area (Å²) in [5.41, 5.74) is 2.16. The van der Waals surface area contributed by atoms with Crippen molar-refractivity contribution < 1.29 is 4.79 Å². The lowest BCUT2D eigenvalue weighted by Crippen LogP contribution is -2.24. The Morgan fingerprint density at radius 3 is 2.50 bits per heavy atom. The molecule has 3 aromatic rings. The highest BCUT2D eigenvalue weighted by Crippen LogP contribution is 2.22. The van der Waals surface area contributed by atoms with Crippen LogP contribution >= 0.6 is 11.3 Å². The van der Waals surface area contributed by atoms with Crippen LogP contribution in [0.1, 0.15) is 42.4 Å². The second-order valence-electron chi connectivity index (χ2n) is 6.71. The zero-order valence-corrected chi connectivity index (χ0v) is 14.9. The molecule has 0 spiro atoms. The lowest BCUT2D eigenvalue weighted by atomic mass is 9.87. The summed E-state index contributed by atoms with van der Waals surface area (Å²) in [6, 6.07) is 7.43. The first-order valence-corrected chi connectivity index (χ1v) is 8.54. The zero-order valence-electron chi connectivity index (χ0n) is 14.1. The van der Waals surface area contributed by atoms with E-state index in [1.54, 1.807) is 30.6 Å². The lowest BCUT2D eigenvalue weighted by molar-refractivity contribution is 0.102. The van der Waals surface area contributed by atoms with E-state index in [9.17, 15) is 9.59 Å². The Hall–Kier alpha value is -2.47. The van der Waals surface area contributed by atoms with Crippen LogP contribution in [0.5, 0.6) is 0 Å². The average Bonchev–Trinajstić information content (AvgIpc) is 2.99. The van der Waals surface area contributed by atoms with Crippen LogP contribution < -0.4 is 10.9 Å². The Balaban J connectivity index is 1.91. The predicted molar refractivity (Wildman–Crippen MR) is 97.2 cm³/mol. The number of nitrogens with one attached hydrogen (secondary N) is 1. The van der Waals surface area contributed by atoms with Gasteiger partial charge >= 0.3 is 0 Å². The standard InChI is InChI=1S/C18H19N3O2S/c1-11-14(16(23)21-9-10-24-17(21)19-11)20-15(22)12-5-7-13(8-6-12)18(2,3)4/h5-10H,1-4H3,(H,20,22). The van der Waals surface area contributed by atoms with Gasteiger partial charge in [-0.3, -0.25) is 14.0 Å². The van der Waals surface area contributed by atoms with E-state index in [1.807, 2.05) is 12.1 Å². The van der Waals surface area contributed by atoms with Gasteiger partial charge in [-0.1, -0.05) is 32.9 Å². The Morgan fingerprint density at radius 1 is 1.21 bits per heavy atom. The van der Waals surface area contributed by atoms with Crippen LogP contribution in [0.3, 0.4) is 0 Å². The molecule has 2 aromatic heterocycles.